The van der Waals surface area contributed by atoms with E-state index in [0.29, 0.717) is 19.0 Å². The summed E-state index contributed by atoms with van der Waals surface area (Å²) in [6.45, 7) is 7.20. The van der Waals surface area contributed by atoms with Gasteiger partial charge >= 0.3 is 0 Å². The maximum atomic E-state index is 10.3. The molecule has 1 unspecified atom stereocenters. The van der Waals surface area contributed by atoms with Crippen LogP contribution in [0.2, 0.25) is 0 Å². The molecular formula is C16H24N4O. The Morgan fingerprint density at radius 1 is 1.24 bits per heavy atom. The molecule has 0 saturated heterocycles. The van der Waals surface area contributed by atoms with Crippen molar-refractivity contribution in [3.63, 3.8) is 0 Å². The highest BCUT2D eigenvalue weighted by atomic mass is 16.3. The van der Waals surface area contributed by atoms with Gasteiger partial charge in [-0.05, 0) is 19.3 Å². The Kier molecular flexibility index (Phi) is 5.09. The molecule has 0 radical (unpaired) electrons. The van der Waals surface area contributed by atoms with E-state index in [2.05, 4.69) is 34.6 Å². The topological polar surface area (TPSA) is 73.8 Å². The molecule has 1 aromatic heterocycles. The average molecular weight is 288 g/mol. The third kappa shape index (κ3) is 4.65. The first-order chi connectivity index (χ1) is 9.98. The Balaban J connectivity index is 1.95. The summed E-state index contributed by atoms with van der Waals surface area (Å²) < 4.78 is 0. The molecule has 0 aliphatic rings. The van der Waals surface area contributed by atoms with Gasteiger partial charge in [-0.15, -0.1) is 0 Å². The fraction of sp³-hybridized carbons (Fsp3) is 0.500. The van der Waals surface area contributed by atoms with Crippen LogP contribution in [0.25, 0.3) is 11.3 Å². The predicted molar refractivity (Wildman–Crippen MR) is 83.6 cm³/mol. The second-order valence-corrected chi connectivity index (χ2v) is 6.18. The van der Waals surface area contributed by atoms with Crippen molar-refractivity contribution in [1.82, 2.24) is 20.7 Å². The van der Waals surface area contributed by atoms with Gasteiger partial charge in [-0.25, -0.2) is 0 Å². The minimum atomic E-state index is -0.704. The number of benzene rings is 1. The van der Waals surface area contributed by atoms with Crippen LogP contribution in [-0.2, 0) is 6.54 Å². The van der Waals surface area contributed by atoms with Crippen LogP contribution in [0.5, 0.6) is 0 Å². The normalized spacial score (nSPS) is 14.3. The number of hydrogen-bond acceptors (Lipinski definition) is 4. The van der Waals surface area contributed by atoms with E-state index in [1.54, 1.807) is 0 Å². The molecule has 1 aromatic carbocycles. The zero-order chi connectivity index (χ0) is 15.3. The number of aromatic nitrogens is 3. The molecule has 5 nitrogen and oxygen atoms in total. The van der Waals surface area contributed by atoms with Crippen molar-refractivity contribution in [2.24, 2.45) is 5.92 Å². The molecule has 0 amide bonds. The summed E-state index contributed by atoms with van der Waals surface area (Å²) >= 11 is 0. The minimum Gasteiger partial charge on any atom is -0.389 e. The molecule has 0 aliphatic heterocycles. The van der Waals surface area contributed by atoms with Gasteiger partial charge in [0.05, 0.1) is 5.60 Å². The predicted octanol–water partition coefficient (Wildman–Crippen LogP) is 2.36. The van der Waals surface area contributed by atoms with Crippen LogP contribution in [0.1, 0.15) is 32.9 Å². The fourth-order valence-electron chi connectivity index (χ4n) is 2.61. The molecule has 3 N–H and O–H groups in total. The van der Waals surface area contributed by atoms with Crippen LogP contribution in [0, 0.1) is 5.92 Å². The number of H-pyrrole nitrogens is 1. The highest BCUT2D eigenvalue weighted by Gasteiger charge is 2.21. The number of aromatic amines is 1. The summed E-state index contributed by atoms with van der Waals surface area (Å²) in [5.74, 6) is 0.466. The van der Waals surface area contributed by atoms with E-state index in [1.165, 1.54) is 0 Å². The van der Waals surface area contributed by atoms with Gasteiger partial charge in [0.1, 0.15) is 11.4 Å². The third-order valence-electron chi connectivity index (χ3n) is 3.31. The quantitative estimate of drug-likeness (QED) is 0.731. The molecular weight excluding hydrogens is 264 g/mol. The van der Waals surface area contributed by atoms with Crippen LogP contribution in [0.4, 0.5) is 0 Å². The van der Waals surface area contributed by atoms with Gasteiger partial charge in [0.15, 0.2) is 0 Å². The van der Waals surface area contributed by atoms with Crippen LogP contribution in [-0.4, -0.2) is 32.7 Å². The van der Waals surface area contributed by atoms with Gasteiger partial charge in [0, 0.05) is 18.7 Å². The molecule has 0 bridgehead atoms. The zero-order valence-corrected chi connectivity index (χ0v) is 12.9. The van der Waals surface area contributed by atoms with Crippen molar-refractivity contribution in [2.75, 3.05) is 6.54 Å². The lowest BCUT2D eigenvalue weighted by atomic mass is 9.94. The molecule has 0 saturated carbocycles. The van der Waals surface area contributed by atoms with Crippen molar-refractivity contribution >= 4 is 0 Å². The molecule has 2 rings (SSSR count). The van der Waals surface area contributed by atoms with Crippen molar-refractivity contribution < 1.29 is 5.11 Å². The summed E-state index contributed by atoms with van der Waals surface area (Å²) in [7, 11) is 0. The van der Waals surface area contributed by atoms with E-state index in [1.807, 2.05) is 37.3 Å². The third-order valence-corrected chi connectivity index (χ3v) is 3.31. The molecule has 2 aromatic rings. The summed E-state index contributed by atoms with van der Waals surface area (Å²) in [4.78, 5) is 0. The van der Waals surface area contributed by atoms with Gasteiger partial charge < -0.3 is 10.4 Å². The molecule has 0 aliphatic carbocycles. The first-order valence-electron chi connectivity index (χ1n) is 7.36. The van der Waals surface area contributed by atoms with Gasteiger partial charge in [-0.2, -0.15) is 15.4 Å². The van der Waals surface area contributed by atoms with Crippen LogP contribution >= 0.6 is 0 Å². The van der Waals surface area contributed by atoms with Crippen molar-refractivity contribution in [1.29, 1.82) is 0 Å². The Hall–Kier alpha value is -1.72. The maximum absolute atomic E-state index is 10.3. The highest BCUT2D eigenvalue weighted by Crippen LogP contribution is 2.19. The molecule has 0 spiro atoms. The van der Waals surface area contributed by atoms with Gasteiger partial charge in [-0.1, -0.05) is 44.2 Å². The standard InChI is InChI=1S/C16H24N4O/c1-12(2)9-16(3,21)11-17-10-14-15(19-20-18-14)13-7-5-4-6-8-13/h4-8,12,17,21H,9-11H2,1-3H3,(H,18,19,20). The van der Waals surface area contributed by atoms with Gasteiger partial charge in [0.25, 0.3) is 0 Å². The van der Waals surface area contributed by atoms with E-state index in [4.69, 9.17) is 0 Å². The van der Waals surface area contributed by atoms with Crippen molar-refractivity contribution in [3.05, 3.63) is 36.0 Å². The molecule has 0 fully saturated rings. The Labute approximate surface area is 125 Å². The smallest absolute Gasteiger partial charge is 0.117 e. The minimum absolute atomic E-state index is 0.466. The fourth-order valence-corrected chi connectivity index (χ4v) is 2.61. The zero-order valence-electron chi connectivity index (χ0n) is 12.9. The summed E-state index contributed by atoms with van der Waals surface area (Å²) in [6.07, 6.45) is 0.768. The number of nitrogens with one attached hydrogen (secondary N) is 2. The lowest BCUT2D eigenvalue weighted by molar-refractivity contribution is 0.0383. The summed E-state index contributed by atoms with van der Waals surface area (Å²) in [5.41, 5.74) is 2.05. The Morgan fingerprint density at radius 2 is 1.95 bits per heavy atom. The monoisotopic (exact) mass is 288 g/mol. The van der Waals surface area contributed by atoms with Crippen LogP contribution < -0.4 is 5.32 Å². The largest absolute Gasteiger partial charge is 0.389 e. The highest BCUT2D eigenvalue weighted by molar-refractivity contribution is 5.60. The van der Waals surface area contributed by atoms with E-state index >= 15 is 0 Å². The molecule has 1 atom stereocenters. The summed E-state index contributed by atoms with van der Waals surface area (Å²) in [6, 6.07) is 9.96. The van der Waals surface area contributed by atoms with E-state index in [9.17, 15) is 5.11 Å². The maximum Gasteiger partial charge on any atom is 0.117 e. The second-order valence-electron chi connectivity index (χ2n) is 6.18. The van der Waals surface area contributed by atoms with Gasteiger partial charge in [-0.3, -0.25) is 0 Å². The van der Waals surface area contributed by atoms with E-state index in [0.717, 1.165) is 23.4 Å². The Bertz CT molecular complexity index is 548. The van der Waals surface area contributed by atoms with Crippen molar-refractivity contribution in [3.8, 4) is 11.3 Å². The van der Waals surface area contributed by atoms with E-state index < -0.39 is 5.60 Å². The summed E-state index contributed by atoms with van der Waals surface area (Å²) in [5, 5.41) is 24.6. The van der Waals surface area contributed by atoms with E-state index in [-0.39, 0.29) is 0 Å². The molecule has 1 heterocycles. The number of aliphatic hydroxyl groups is 1. The number of hydrogen-bond donors (Lipinski definition) is 3. The lowest BCUT2D eigenvalue weighted by Gasteiger charge is -2.25. The van der Waals surface area contributed by atoms with Crippen LogP contribution in [0.3, 0.4) is 0 Å². The average Bonchev–Trinajstić information content (AvgIpc) is 2.86. The first-order valence-corrected chi connectivity index (χ1v) is 7.36. The first kappa shape index (κ1) is 15.7. The SMILES string of the molecule is CC(C)CC(C)(O)CNCc1n[nH]nc1-c1ccccc1. The lowest BCUT2D eigenvalue weighted by Crippen LogP contribution is -2.38. The number of rotatable bonds is 7. The van der Waals surface area contributed by atoms with Crippen molar-refractivity contribution in [2.45, 2.75) is 39.3 Å². The number of nitrogens with zero attached hydrogens (tertiary/aromatic N) is 2. The molecule has 114 valence electrons. The second kappa shape index (κ2) is 6.83. The van der Waals surface area contributed by atoms with Crippen LogP contribution in [0.15, 0.2) is 30.3 Å². The molecule has 21 heavy (non-hydrogen) atoms. The molecule has 5 heteroatoms. The Morgan fingerprint density at radius 3 is 2.62 bits per heavy atom. The van der Waals surface area contributed by atoms with Gasteiger partial charge in [0.2, 0.25) is 0 Å².